The zero-order chi connectivity index (χ0) is 11.7. The van der Waals surface area contributed by atoms with Crippen LogP contribution in [0.4, 0.5) is 0 Å². The van der Waals surface area contributed by atoms with Crippen molar-refractivity contribution < 1.29 is 19.4 Å². The van der Waals surface area contributed by atoms with Gasteiger partial charge in [0, 0.05) is 6.04 Å². The fraction of sp³-hybridized carbons (Fsp3) is 0.300. The summed E-state index contributed by atoms with van der Waals surface area (Å²) in [6.07, 6.45) is -0.157. The Hall–Kier alpha value is -1.46. The van der Waals surface area contributed by atoms with Crippen LogP contribution in [-0.4, -0.2) is 17.9 Å². The first-order valence-electron chi connectivity index (χ1n) is 4.64. The number of carboxylic acids is 1. The molecule has 0 bridgehead atoms. The fourth-order valence-corrected chi connectivity index (χ4v) is 1.78. The van der Waals surface area contributed by atoms with Crippen LogP contribution in [-0.2, 0) is 4.79 Å². The minimum atomic E-state index is -0.957. The maximum absolute atomic E-state index is 10.5. The summed E-state index contributed by atoms with van der Waals surface area (Å²) >= 11 is 5.95. The van der Waals surface area contributed by atoms with Crippen LogP contribution in [0.3, 0.4) is 0 Å². The first-order chi connectivity index (χ1) is 7.58. The van der Waals surface area contributed by atoms with Gasteiger partial charge in [-0.25, -0.2) is 0 Å². The minimum Gasteiger partial charge on any atom is -0.481 e. The molecule has 0 radical (unpaired) electrons. The lowest BCUT2D eigenvalue weighted by atomic mass is 10.0. The van der Waals surface area contributed by atoms with E-state index in [2.05, 4.69) is 0 Å². The molecule has 0 amide bonds. The van der Waals surface area contributed by atoms with E-state index in [0.29, 0.717) is 22.1 Å². The number of aliphatic carboxylic acids is 1. The monoisotopic (exact) mass is 243 g/mol. The van der Waals surface area contributed by atoms with Crippen molar-refractivity contribution in [3.63, 3.8) is 0 Å². The molecule has 0 saturated heterocycles. The fourth-order valence-electron chi connectivity index (χ4n) is 1.51. The number of hydrogen-bond donors (Lipinski definition) is 2. The lowest BCUT2D eigenvalue weighted by Gasteiger charge is -2.10. The molecule has 1 heterocycles. The first-order valence-corrected chi connectivity index (χ1v) is 5.02. The molecule has 0 saturated carbocycles. The van der Waals surface area contributed by atoms with Gasteiger partial charge in [0.25, 0.3) is 0 Å². The third-order valence-electron chi connectivity index (χ3n) is 2.27. The molecule has 16 heavy (non-hydrogen) atoms. The summed E-state index contributed by atoms with van der Waals surface area (Å²) in [6.45, 7) is 0.118. The Morgan fingerprint density at radius 3 is 3.00 bits per heavy atom. The zero-order valence-corrected chi connectivity index (χ0v) is 9.03. The zero-order valence-electron chi connectivity index (χ0n) is 8.27. The Morgan fingerprint density at radius 2 is 2.31 bits per heavy atom. The van der Waals surface area contributed by atoms with Crippen molar-refractivity contribution in [1.82, 2.24) is 0 Å². The molecule has 1 aliphatic rings. The Kier molecular flexibility index (Phi) is 2.89. The van der Waals surface area contributed by atoms with Crippen LogP contribution in [0.15, 0.2) is 12.1 Å². The van der Waals surface area contributed by atoms with Crippen molar-refractivity contribution in [2.24, 2.45) is 5.73 Å². The predicted molar refractivity (Wildman–Crippen MR) is 56.8 cm³/mol. The molecular formula is C10H10ClNO4. The van der Waals surface area contributed by atoms with Crippen molar-refractivity contribution in [3.8, 4) is 11.5 Å². The van der Waals surface area contributed by atoms with Crippen molar-refractivity contribution in [2.45, 2.75) is 12.5 Å². The van der Waals surface area contributed by atoms with Crippen LogP contribution in [0.5, 0.6) is 11.5 Å². The normalized spacial score (nSPS) is 14.9. The van der Waals surface area contributed by atoms with Gasteiger partial charge in [-0.15, -0.1) is 0 Å². The van der Waals surface area contributed by atoms with E-state index < -0.39 is 12.0 Å². The molecule has 0 unspecified atom stereocenters. The van der Waals surface area contributed by atoms with Crippen LogP contribution in [0.2, 0.25) is 5.02 Å². The van der Waals surface area contributed by atoms with Crippen LogP contribution in [0, 0.1) is 0 Å². The molecule has 0 spiro atoms. The number of carbonyl (C=O) groups is 1. The molecule has 1 aromatic rings. The van der Waals surface area contributed by atoms with Gasteiger partial charge in [0.05, 0.1) is 11.4 Å². The van der Waals surface area contributed by atoms with E-state index in [-0.39, 0.29) is 13.2 Å². The van der Waals surface area contributed by atoms with Gasteiger partial charge < -0.3 is 20.3 Å². The van der Waals surface area contributed by atoms with Crippen molar-refractivity contribution in [3.05, 3.63) is 22.7 Å². The number of fused-ring (bicyclic) bond motifs is 1. The second-order valence-corrected chi connectivity index (χ2v) is 3.85. The molecule has 0 fully saturated rings. The standard InChI is InChI=1S/C10H10ClNO4/c11-6-1-5(7(12)3-9(13)14)2-8-10(6)16-4-15-8/h1-2,7H,3-4,12H2,(H,13,14)/t7-/m1/s1. The Labute approximate surface area is 96.7 Å². The second-order valence-electron chi connectivity index (χ2n) is 3.44. The van der Waals surface area contributed by atoms with Crippen molar-refractivity contribution in [1.29, 1.82) is 0 Å². The van der Waals surface area contributed by atoms with E-state index in [4.69, 9.17) is 31.9 Å². The minimum absolute atomic E-state index is 0.118. The topological polar surface area (TPSA) is 81.8 Å². The average molecular weight is 244 g/mol. The Bertz CT molecular complexity index is 435. The summed E-state index contributed by atoms with van der Waals surface area (Å²) in [4.78, 5) is 10.5. The predicted octanol–water partition coefficient (Wildman–Crippen LogP) is 1.54. The number of rotatable bonds is 3. The summed E-state index contributed by atoms with van der Waals surface area (Å²) in [6, 6.07) is 2.65. The smallest absolute Gasteiger partial charge is 0.305 e. The maximum Gasteiger partial charge on any atom is 0.305 e. The second kappa shape index (κ2) is 4.19. The van der Waals surface area contributed by atoms with Gasteiger partial charge in [-0.1, -0.05) is 11.6 Å². The summed E-state index contributed by atoms with van der Waals surface area (Å²) in [5.41, 5.74) is 6.34. The summed E-state index contributed by atoms with van der Waals surface area (Å²) in [5.74, 6) is 0.0255. The summed E-state index contributed by atoms with van der Waals surface area (Å²) in [5, 5.41) is 9.02. The highest BCUT2D eigenvalue weighted by molar-refractivity contribution is 6.32. The summed E-state index contributed by atoms with van der Waals surface area (Å²) < 4.78 is 10.3. The molecule has 1 atom stereocenters. The van der Waals surface area contributed by atoms with Gasteiger partial charge in [0.2, 0.25) is 6.79 Å². The SMILES string of the molecule is N[C@H](CC(=O)O)c1cc(Cl)c2c(c1)OCO2. The first kappa shape index (κ1) is 11.0. The van der Waals surface area contributed by atoms with Gasteiger partial charge >= 0.3 is 5.97 Å². The number of halogens is 1. The lowest BCUT2D eigenvalue weighted by molar-refractivity contribution is -0.137. The van der Waals surface area contributed by atoms with Crippen LogP contribution < -0.4 is 15.2 Å². The number of hydrogen-bond acceptors (Lipinski definition) is 4. The Morgan fingerprint density at radius 1 is 1.56 bits per heavy atom. The van der Waals surface area contributed by atoms with Gasteiger partial charge in [0.15, 0.2) is 11.5 Å². The molecular weight excluding hydrogens is 234 g/mol. The third-order valence-corrected chi connectivity index (χ3v) is 2.55. The molecule has 1 aromatic carbocycles. The van der Waals surface area contributed by atoms with Crippen molar-refractivity contribution >= 4 is 17.6 Å². The van der Waals surface area contributed by atoms with E-state index in [9.17, 15) is 4.79 Å². The number of ether oxygens (including phenoxy) is 2. The third kappa shape index (κ3) is 2.05. The van der Waals surface area contributed by atoms with E-state index in [1.165, 1.54) is 0 Å². The highest BCUT2D eigenvalue weighted by atomic mass is 35.5. The van der Waals surface area contributed by atoms with E-state index in [1.807, 2.05) is 0 Å². The number of benzene rings is 1. The van der Waals surface area contributed by atoms with Gasteiger partial charge in [-0.05, 0) is 17.7 Å². The van der Waals surface area contributed by atoms with Gasteiger partial charge in [-0.3, -0.25) is 4.79 Å². The molecule has 5 nitrogen and oxygen atoms in total. The van der Waals surface area contributed by atoms with Gasteiger partial charge in [-0.2, -0.15) is 0 Å². The number of nitrogens with two attached hydrogens (primary N) is 1. The molecule has 86 valence electrons. The Balaban J connectivity index is 2.29. The van der Waals surface area contributed by atoms with Crippen LogP contribution >= 0.6 is 11.6 Å². The highest BCUT2D eigenvalue weighted by Gasteiger charge is 2.21. The average Bonchev–Trinajstić information content (AvgIpc) is 2.64. The van der Waals surface area contributed by atoms with E-state index in [0.717, 1.165) is 0 Å². The largest absolute Gasteiger partial charge is 0.481 e. The quantitative estimate of drug-likeness (QED) is 0.842. The van der Waals surface area contributed by atoms with Crippen LogP contribution in [0.25, 0.3) is 0 Å². The highest BCUT2D eigenvalue weighted by Crippen LogP contribution is 2.41. The van der Waals surface area contributed by atoms with E-state index in [1.54, 1.807) is 12.1 Å². The molecule has 2 rings (SSSR count). The van der Waals surface area contributed by atoms with E-state index >= 15 is 0 Å². The number of carboxylic acid groups (broad SMARTS) is 1. The van der Waals surface area contributed by atoms with Gasteiger partial charge in [0.1, 0.15) is 0 Å². The maximum atomic E-state index is 10.5. The molecule has 3 N–H and O–H groups in total. The molecule has 0 aliphatic carbocycles. The lowest BCUT2D eigenvalue weighted by Crippen LogP contribution is -2.14. The van der Waals surface area contributed by atoms with Crippen LogP contribution in [0.1, 0.15) is 18.0 Å². The van der Waals surface area contributed by atoms with Crippen molar-refractivity contribution in [2.75, 3.05) is 6.79 Å². The molecule has 1 aliphatic heterocycles. The summed E-state index contributed by atoms with van der Waals surface area (Å²) in [7, 11) is 0. The molecule has 6 heteroatoms. The molecule has 0 aromatic heterocycles.